The summed E-state index contributed by atoms with van der Waals surface area (Å²) in [5, 5.41) is 16.9. The van der Waals surface area contributed by atoms with E-state index in [9.17, 15) is 24.3 Å². The van der Waals surface area contributed by atoms with Crippen LogP contribution in [0.15, 0.2) is 30.3 Å². The standard InChI is InChI=1S/C42H73N5O6S/c1-14-28(6)37(46(11)42(52)35(26(2)3)44-41(51)36(27(4)5)45(10)23-24-54-13)29(7)25-34(48)47-22-18-21-33(47)39(53-12)30(8)40(50)43-31(9)38(49)32-19-16-15-17-20-32/h15-17,19-20,26-31,33,35-39,49H,14,18,21-25H2,1-13H3,(H,43,50)(H,44,51)/t28-,29?,30+,31+,33-,35-,36?,37?,38?,39?/m0/s1. The third-order valence-electron chi connectivity index (χ3n) is 11.5. The molecule has 54 heavy (non-hydrogen) atoms. The number of thioether (sulfide) groups is 1. The summed E-state index contributed by atoms with van der Waals surface area (Å²) in [6, 6.07) is 7.12. The number of likely N-dealkylation sites (N-methyl/N-ethyl adjacent to an activating group) is 2. The molecular weight excluding hydrogens is 703 g/mol. The Kier molecular flexibility index (Phi) is 20.0. The Morgan fingerprint density at radius 2 is 1.57 bits per heavy atom. The van der Waals surface area contributed by atoms with Gasteiger partial charge in [0.2, 0.25) is 23.6 Å². The van der Waals surface area contributed by atoms with Crippen LogP contribution in [0.3, 0.4) is 0 Å². The van der Waals surface area contributed by atoms with E-state index in [1.54, 1.807) is 30.7 Å². The molecule has 0 bridgehead atoms. The first kappa shape index (κ1) is 47.5. The Hall–Kier alpha value is -2.67. The molecule has 308 valence electrons. The number of amides is 4. The SMILES string of the molecule is CC[C@H](C)C(C(C)CC(=O)N1CCC[C@H]1C(OC)[C@@H](C)C(=O)N[C@H](C)C(O)c1ccccc1)N(C)C(=O)[C@@H](NC(=O)C(C(C)C)N(C)CCSC)C(C)C. The highest BCUT2D eigenvalue weighted by Gasteiger charge is 2.42. The zero-order valence-electron chi connectivity index (χ0n) is 35.5. The van der Waals surface area contributed by atoms with E-state index in [1.165, 1.54) is 0 Å². The number of aliphatic hydroxyl groups excluding tert-OH is 1. The Morgan fingerprint density at radius 3 is 2.11 bits per heavy atom. The first-order valence-corrected chi connectivity index (χ1v) is 21.4. The monoisotopic (exact) mass is 776 g/mol. The molecule has 1 heterocycles. The number of nitrogens with one attached hydrogen (secondary N) is 2. The Labute approximate surface area is 331 Å². The van der Waals surface area contributed by atoms with Gasteiger partial charge in [-0.2, -0.15) is 11.8 Å². The maximum absolute atomic E-state index is 14.3. The van der Waals surface area contributed by atoms with Crippen molar-refractivity contribution in [1.29, 1.82) is 0 Å². The average Bonchev–Trinajstić information content (AvgIpc) is 3.62. The molecule has 1 aromatic carbocycles. The van der Waals surface area contributed by atoms with E-state index >= 15 is 0 Å². The number of methoxy groups -OCH3 is 1. The molecule has 3 N–H and O–H groups in total. The number of hydrogen-bond donors (Lipinski definition) is 3. The molecule has 1 saturated heterocycles. The van der Waals surface area contributed by atoms with Crippen LogP contribution in [0.2, 0.25) is 0 Å². The van der Waals surface area contributed by atoms with E-state index in [0.29, 0.717) is 13.0 Å². The maximum atomic E-state index is 14.3. The summed E-state index contributed by atoms with van der Waals surface area (Å²) in [6.45, 7) is 19.1. The first-order valence-electron chi connectivity index (χ1n) is 20.0. The van der Waals surface area contributed by atoms with Gasteiger partial charge in [0.1, 0.15) is 6.04 Å². The average molecular weight is 776 g/mol. The van der Waals surface area contributed by atoms with E-state index in [1.807, 2.05) is 97.1 Å². The van der Waals surface area contributed by atoms with Gasteiger partial charge in [0.15, 0.2) is 0 Å². The van der Waals surface area contributed by atoms with E-state index in [0.717, 1.165) is 30.7 Å². The molecule has 0 radical (unpaired) electrons. The van der Waals surface area contributed by atoms with E-state index < -0.39 is 30.2 Å². The molecule has 5 unspecified atom stereocenters. The number of benzene rings is 1. The summed E-state index contributed by atoms with van der Waals surface area (Å²) in [7, 11) is 5.35. The van der Waals surface area contributed by atoms with Crippen LogP contribution in [0.1, 0.15) is 99.7 Å². The number of rotatable bonds is 22. The minimum atomic E-state index is -0.863. The van der Waals surface area contributed by atoms with Crippen molar-refractivity contribution < 1.29 is 29.0 Å². The van der Waals surface area contributed by atoms with Gasteiger partial charge in [0.05, 0.1) is 36.3 Å². The van der Waals surface area contributed by atoms with Crippen molar-refractivity contribution in [2.45, 2.75) is 130 Å². The van der Waals surface area contributed by atoms with Crippen LogP contribution in [0, 0.1) is 29.6 Å². The molecule has 1 aliphatic rings. The van der Waals surface area contributed by atoms with Crippen molar-refractivity contribution in [2.24, 2.45) is 29.6 Å². The van der Waals surface area contributed by atoms with Crippen LogP contribution >= 0.6 is 11.8 Å². The van der Waals surface area contributed by atoms with Gasteiger partial charge < -0.3 is 30.3 Å². The van der Waals surface area contributed by atoms with Gasteiger partial charge in [-0.15, -0.1) is 0 Å². The molecule has 1 aliphatic heterocycles. The fourth-order valence-corrected chi connectivity index (χ4v) is 8.72. The zero-order chi connectivity index (χ0) is 40.9. The van der Waals surface area contributed by atoms with Gasteiger partial charge in [-0.3, -0.25) is 24.1 Å². The highest BCUT2D eigenvalue weighted by atomic mass is 32.2. The van der Waals surface area contributed by atoms with Gasteiger partial charge >= 0.3 is 0 Å². The van der Waals surface area contributed by atoms with Crippen molar-refractivity contribution in [3.8, 4) is 0 Å². The van der Waals surface area contributed by atoms with Crippen molar-refractivity contribution in [3.05, 3.63) is 35.9 Å². The number of nitrogens with zero attached hydrogens (tertiary/aromatic N) is 3. The molecule has 0 aromatic heterocycles. The summed E-state index contributed by atoms with van der Waals surface area (Å²) in [5.41, 5.74) is 0.722. The minimum Gasteiger partial charge on any atom is -0.386 e. The summed E-state index contributed by atoms with van der Waals surface area (Å²) in [5.74, 6) is -0.365. The van der Waals surface area contributed by atoms with Crippen LogP contribution in [-0.2, 0) is 23.9 Å². The summed E-state index contributed by atoms with van der Waals surface area (Å²) < 4.78 is 5.94. The van der Waals surface area contributed by atoms with Crippen LogP contribution in [0.25, 0.3) is 0 Å². The molecule has 12 heteroatoms. The topological polar surface area (TPSA) is 132 Å². The second-order valence-corrected chi connectivity index (χ2v) is 17.3. The lowest BCUT2D eigenvalue weighted by Crippen LogP contribution is -2.59. The molecule has 11 nitrogen and oxygen atoms in total. The first-order chi connectivity index (χ1) is 25.4. The zero-order valence-corrected chi connectivity index (χ0v) is 36.3. The van der Waals surface area contributed by atoms with Gasteiger partial charge in [0, 0.05) is 45.5 Å². The van der Waals surface area contributed by atoms with Gasteiger partial charge in [0.25, 0.3) is 0 Å². The number of likely N-dealkylation sites (tertiary alicyclic amines) is 1. The number of carbonyl (C=O) groups is 4. The molecular formula is C42H73N5O6S. The van der Waals surface area contributed by atoms with Crippen LogP contribution in [0.5, 0.6) is 0 Å². The number of hydrogen-bond acceptors (Lipinski definition) is 8. The predicted molar refractivity (Wildman–Crippen MR) is 220 cm³/mol. The molecule has 10 atom stereocenters. The summed E-state index contributed by atoms with van der Waals surface area (Å²) >= 11 is 1.74. The normalized spacial score (nSPS) is 19.8. The largest absolute Gasteiger partial charge is 0.386 e. The second-order valence-electron chi connectivity index (χ2n) is 16.3. The van der Waals surface area contributed by atoms with Crippen LogP contribution in [-0.4, -0.2) is 126 Å². The predicted octanol–water partition coefficient (Wildman–Crippen LogP) is 5.23. The molecule has 0 aliphatic carbocycles. The number of aliphatic hydroxyl groups is 1. The summed E-state index contributed by atoms with van der Waals surface area (Å²) in [6.07, 6.45) is 3.21. The molecule has 4 amide bonds. The number of carbonyl (C=O) groups excluding carboxylic acids is 4. The lowest BCUT2D eigenvalue weighted by molar-refractivity contribution is -0.144. The highest BCUT2D eigenvalue weighted by Crippen LogP contribution is 2.31. The Bertz CT molecular complexity index is 1320. The van der Waals surface area contributed by atoms with Crippen molar-refractivity contribution in [3.63, 3.8) is 0 Å². The lowest BCUT2D eigenvalue weighted by Gasteiger charge is -2.41. The van der Waals surface area contributed by atoms with Gasteiger partial charge in [-0.1, -0.05) is 92.1 Å². The fourth-order valence-electron chi connectivity index (χ4n) is 8.24. The van der Waals surface area contributed by atoms with Crippen molar-refractivity contribution >= 4 is 35.4 Å². The second kappa shape index (κ2) is 22.8. The molecule has 2 rings (SSSR count). The Morgan fingerprint density at radius 1 is 0.944 bits per heavy atom. The molecule has 0 saturated carbocycles. The fraction of sp³-hybridized carbons (Fsp3) is 0.762. The van der Waals surface area contributed by atoms with E-state index in [-0.39, 0.29) is 71.8 Å². The number of ether oxygens (including phenoxy) is 1. The van der Waals surface area contributed by atoms with Gasteiger partial charge in [-0.05, 0) is 62.3 Å². The van der Waals surface area contributed by atoms with E-state index in [2.05, 4.69) is 29.4 Å². The van der Waals surface area contributed by atoms with Crippen molar-refractivity contribution in [1.82, 2.24) is 25.3 Å². The maximum Gasteiger partial charge on any atom is 0.245 e. The quantitative estimate of drug-likeness (QED) is 0.146. The Balaban J connectivity index is 2.21. The molecule has 1 aromatic rings. The minimum absolute atomic E-state index is 0.0246. The molecule has 0 spiro atoms. The van der Waals surface area contributed by atoms with Crippen LogP contribution in [0.4, 0.5) is 0 Å². The smallest absolute Gasteiger partial charge is 0.245 e. The molecule has 1 fully saturated rings. The van der Waals surface area contributed by atoms with E-state index in [4.69, 9.17) is 4.74 Å². The summed E-state index contributed by atoms with van der Waals surface area (Å²) in [4.78, 5) is 61.4. The van der Waals surface area contributed by atoms with Gasteiger partial charge in [-0.25, -0.2) is 0 Å². The lowest BCUT2D eigenvalue weighted by atomic mass is 9.84. The third-order valence-corrected chi connectivity index (χ3v) is 12.1. The third kappa shape index (κ3) is 12.7. The van der Waals surface area contributed by atoms with Crippen LogP contribution < -0.4 is 10.6 Å². The van der Waals surface area contributed by atoms with Crippen molar-refractivity contribution in [2.75, 3.05) is 46.3 Å². The highest BCUT2D eigenvalue weighted by molar-refractivity contribution is 7.98.